The standard InChI is InChI=1S/C18H21F3N6O/c19-18(20,21)14-2-1-4-22-16(14)26-6-8-27(9-7-26)17-23-5-3-15(24-17)25-10-12-28-13-11-25/h1-5H,6-13H2. The van der Waals surface area contributed by atoms with Crippen LogP contribution in [-0.2, 0) is 10.9 Å². The number of pyridine rings is 1. The number of anilines is 3. The van der Waals surface area contributed by atoms with Gasteiger partial charge in [-0.1, -0.05) is 0 Å². The van der Waals surface area contributed by atoms with Crippen molar-refractivity contribution in [2.75, 3.05) is 67.2 Å². The summed E-state index contributed by atoms with van der Waals surface area (Å²) in [5, 5.41) is 0. The molecule has 10 heteroatoms. The second-order valence-corrected chi connectivity index (χ2v) is 6.66. The topological polar surface area (TPSA) is 57.6 Å². The molecule has 2 aliphatic heterocycles. The minimum Gasteiger partial charge on any atom is -0.378 e. The number of halogens is 3. The molecule has 0 aromatic carbocycles. The second kappa shape index (κ2) is 7.78. The zero-order chi connectivity index (χ0) is 19.6. The van der Waals surface area contributed by atoms with Gasteiger partial charge in [0.15, 0.2) is 0 Å². The van der Waals surface area contributed by atoms with Gasteiger partial charge in [0.2, 0.25) is 5.95 Å². The molecule has 28 heavy (non-hydrogen) atoms. The molecule has 2 aromatic rings. The van der Waals surface area contributed by atoms with Crippen LogP contribution in [0.4, 0.5) is 30.8 Å². The Labute approximate surface area is 160 Å². The molecule has 4 heterocycles. The summed E-state index contributed by atoms with van der Waals surface area (Å²) in [6.07, 6.45) is -1.30. The van der Waals surface area contributed by atoms with Gasteiger partial charge in [0.25, 0.3) is 0 Å². The van der Waals surface area contributed by atoms with Gasteiger partial charge in [-0.05, 0) is 18.2 Å². The Kier molecular flexibility index (Phi) is 5.21. The van der Waals surface area contributed by atoms with Crippen LogP contribution in [0, 0.1) is 0 Å². The van der Waals surface area contributed by atoms with Crippen LogP contribution in [-0.4, -0.2) is 67.4 Å². The van der Waals surface area contributed by atoms with E-state index in [0.717, 1.165) is 25.0 Å². The molecule has 0 amide bonds. The summed E-state index contributed by atoms with van der Waals surface area (Å²) in [4.78, 5) is 18.8. The predicted molar refractivity (Wildman–Crippen MR) is 98.7 cm³/mol. The summed E-state index contributed by atoms with van der Waals surface area (Å²) < 4.78 is 45.1. The molecule has 0 N–H and O–H groups in total. The molecule has 0 unspecified atom stereocenters. The van der Waals surface area contributed by atoms with Crippen molar-refractivity contribution in [1.29, 1.82) is 0 Å². The second-order valence-electron chi connectivity index (χ2n) is 6.66. The number of alkyl halides is 3. The first-order valence-electron chi connectivity index (χ1n) is 9.20. The molecule has 4 rings (SSSR count). The largest absolute Gasteiger partial charge is 0.419 e. The van der Waals surface area contributed by atoms with Gasteiger partial charge in [-0.25, -0.2) is 9.97 Å². The summed E-state index contributed by atoms with van der Waals surface area (Å²) in [5.41, 5.74) is -0.700. The highest BCUT2D eigenvalue weighted by Crippen LogP contribution is 2.35. The van der Waals surface area contributed by atoms with Crippen molar-refractivity contribution in [3.8, 4) is 0 Å². The maximum Gasteiger partial charge on any atom is 0.419 e. The molecular formula is C18H21F3N6O. The fourth-order valence-electron chi connectivity index (χ4n) is 3.45. The number of hydrogen-bond donors (Lipinski definition) is 0. The van der Waals surface area contributed by atoms with Crippen molar-refractivity contribution in [1.82, 2.24) is 15.0 Å². The average Bonchev–Trinajstić information content (AvgIpc) is 2.74. The van der Waals surface area contributed by atoms with Crippen LogP contribution in [0.3, 0.4) is 0 Å². The van der Waals surface area contributed by atoms with E-state index in [1.165, 1.54) is 12.3 Å². The predicted octanol–water partition coefficient (Wildman–Crippen LogP) is 2.05. The SMILES string of the molecule is FC(F)(F)c1cccnc1N1CCN(c2nccc(N3CCOCC3)n2)CC1. The van der Waals surface area contributed by atoms with E-state index in [1.54, 1.807) is 11.1 Å². The first kappa shape index (κ1) is 18.7. The first-order chi connectivity index (χ1) is 13.5. The van der Waals surface area contributed by atoms with Crippen molar-refractivity contribution >= 4 is 17.6 Å². The van der Waals surface area contributed by atoms with Gasteiger partial charge in [-0.15, -0.1) is 0 Å². The van der Waals surface area contributed by atoms with E-state index in [4.69, 9.17) is 4.74 Å². The normalized spacial score (nSPS) is 18.5. The van der Waals surface area contributed by atoms with Crippen LogP contribution in [0.1, 0.15) is 5.56 Å². The summed E-state index contributed by atoms with van der Waals surface area (Å²) in [5.74, 6) is 1.43. The molecule has 2 fully saturated rings. The Hall–Kier alpha value is -2.62. The van der Waals surface area contributed by atoms with E-state index < -0.39 is 11.7 Å². The van der Waals surface area contributed by atoms with Crippen molar-refractivity contribution in [2.45, 2.75) is 6.18 Å². The molecule has 0 atom stereocenters. The maximum absolute atomic E-state index is 13.3. The minimum atomic E-state index is -4.42. The van der Waals surface area contributed by atoms with Gasteiger partial charge >= 0.3 is 6.18 Å². The molecule has 0 bridgehead atoms. The Balaban J connectivity index is 1.45. The number of aromatic nitrogens is 3. The number of hydrogen-bond acceptors (Lipinski definition) is 7. The fourth-order valence-corrected chi connectivity index (χ4v) is 3.45. The molecule has 0 radical (unpaired) electrons. The summed E-state index contributed by atoms with van der Waals surface area (Å²) in [7, 11) is 0. The Morgan fingerprint density at radius 1 is 0.821 bits per heavy atom. The molecule has 0 saturated carbocycles. The minimum absolute atomic E-state index is 0.0161. The van der Waals surface area contributed by atoms with Crippen LogP contribution in [0.15, 0.2) is 30.6 Å². The monoisotopic (exact) mass is 394 g/mol. The van der Waals surface area contributed by atoms with Crippen molar-refractivity contribution in [3.05, 3.63) is 36.2 Å². The number of ether oxygens (including phenoxy) is 1. The van der Waals surface area contributed by atoms with Gasteiger partial charge in [-0.2, -0.15) is 18.2 Å². The zero-order valence-corrected chi connectivity index (χ0v) is 15.3. The lowest BCUT2D eigenvalue weighted by molar-refractivity contribution is -0.137. The van der Waals surface area contributed by atoms with Crippen molar-refractivity contribution in [2.24, 2.45) is 0 Å². The summed E-state index contributed by atoms with van der Waals surface area (Å²) >= 11 is 0. The Morgan fingerprint density at radius 3 is 2.25 bits per heavy atom. The highest BCUT2D eigenvalue weighted by Gasteiger charge is 2.36. The third-order valence-electron chi connectivity index (χ3n) is 4.92. The van der Waals surface area contributed by atoms with Crippen LogP contribution in [0.5, 0.6) is 0 Å². The van der Waals surface area contributed by atoms with E-state index in [2.05, 4.69) is 19.9 Å². The first-order valence-corrected chi connectivity index (χ1v) is 9.20. The highest BCUT2D eigenvalue weighted by atomic mass is 19.4. The maximum atomic E-state index is 13.3. The van der Waals surface area contributed by atoms with Crippen LogP contribution in [0.25, 0.3) is 0 Å². The van der Waals surface area contributed by atoms with Crippen molar-refractivity contribution in [3.63, 3.8) is 0 Å². The lowest BCUT2D eigenvalue weighted by atomic mass is 10.2. The highest BCUT2D eigenvalue weighted by molar-refractivity contribution is 5.51. The van der Waals surface area contributed by atoms with Gasteiger partial charge in [0.1, 0.15) is 11.6 Å². The molecule has 150 valence electrons. The molecular weight excluding hydrogens is 373 g/mol. The summed E-state index contributed by atoms with van der Waals surface area (Å²) in [6, 6.07) is 4.26. The van der Waals surface area contributed by atoms with Crippen molar-refractivity contribution < 1.29 is 17.9 Å². The molecule has 2 aliphatic rings. The zero-order valence-electron chi connectivity index (χ0n) is 15.3. The lowest BCUT2D eigenvalue weighted by Crippen LogP contribution is -2.48. The quantitative estimate of drug-likeness (QED) is 0.790. The van der Waals surface area contributed by atoms with E-state index in [0.29, 0.717) is 45.3 Å². The Morgan fingerprint density at radius 2 is 1.54 bits per heavy atom. The third-order valence-corrected chi connectivity index (χ3v) is 4.92. The van der Waals surface area contributed by atoms with E-state index in [1.807, 2.05) is 11.0 Å². The van der Waals surface area contributed by atoms with Gasteiger partial charge < -0.3 is 19.4 Å². The van der Waals surface area contributed by atoms with Crippen LogP contribution < -0.4 is 14.7 Å². The fraction of sp³-hybridized carbons (Fsp3) is 0.500. The third kappa shape index (κ3) is 3.96. The Bertz CT molecular complexity index is 804. The van der Waals surface area contributed by atoms with Crippen LogP contribution >= 0.6 is 0 Å². The smallest absolute Gasteiger partial charge is 0.378 e. The van der Waals surface area contributed by atoms with E-state index in [9.17, 15) is 13.2 Å². The molecule has 2 saturated heterocycles. The van der Waals surface area contributed by atoms with E-state index >= 15 is 0 Å². The molecule has 7 nitrogen and oxygen atoms in total. The number of morpholine rings is 1. The van der Waals surface area contributed by atoms with Gasteiger partial charge in [0.05, 0.1) is 18.8 Å². The van der Waals surface area contributed by atoms with E-state index in [-0.39, 0.29) is 5.82 Å². The molecule has 0 spiro atoms. The molecule has 2 aromatic heterocycles. The number of piperazine rings is 1. The summed E-state index contributed by atoms with van der Waals surface area (Å²) in [6.45, 7) is 4.80. The molecule has 0 aliphatic carbocycles. The van der Waals surface area contributed by atoms with Gasteiger partial charge in [-0.3, -0.25) is 0 Å². The van der Waals surface area contributed by atoms with Crippen LogP contribution in [0.2, 0.25) is 0 Å². The lowest BCUT2D eigenvalue weighted by Gasteiger charge is -2.36. The van der Waals surface area contributed by atoms with Gasteiger partial charge in [0, 0.05) is 51.7 Å². The number of nitrogens with zero attached hydrogens (tertiary/aromatic N) is 6. The number of rotatable bonds is 3. The average molecular weight is 394 g/mol.